The van der Waals surface area contributed by atoms with Crippen molar-refractivity contribution in [2.45, 2.75) is 4.90 Å². The van der Waals surface area contributed by atoms with Gasteiger partial charge < -0.3 is 24.3 Å². The van der Waals surface area contributed by atoms with Gasteiger partial charge in [-0.05, 0) is 48.5 Å². The van der Waals surface area contributed by atoms with Crippen LogP contribution in [-0.4, -0.2) is 56.6 Å². The van der Waals surface area contributed by atoms with Gasteiger partial charge in [-0.15, -0.1) is 0 Å². The van der Waals surface area contributed by atoms with Gasteiger partial charge in [-0.1, -0.05) is 0 Å². The second-order valence-corrected chi connectivity index (χ2v) is 11.6. The fourth-order valence-corrected chi connectivity index (χ4v) is 5.49. The molecular formula is C24H25N3O9S2. The summed E-state index contributed by atoms with van der Waals surface area (Å²) in [6.45, 7) is -0.496. The first kappa shape index (κ1) is 26.9. The van der Waals surface area contributed by atoms with Crippen LogP contribution in [0, 0.1) is 0 Å². The highest BCUT2D eigenvalue weighted by atomic mass is 32.2. The number of nitrogens with one attached hydrogen (secondary N) is 2. The summed E-state index contributed by atoms with van der Waals surface area (Å²) in [6.07, 6.45) is 0.981. The number of methoxy groups -OCH3 is 2. The molecule has 0 aliphatic carbocycles. The van der Waals surface area contributed by atoms with Crippen molar-refractivity contribution in [2.24, 2.45) is 0 Å². The number of benzene rings is 3. The number of carbonyl (C=O) groups excluding carboxylic acids is 1. The van der Waals surface area contributed by atoms with Crippen molar-refractivity contribution >= 4 is 43.0 Å². The second-order valence-electron chi connectivity index (χ2n) is 8.05. The first-order valence-corrected chi connectivity index (χ1v) is 14.4. The van der Waals surface area contributed by atoms with E-state index in [1.54, 1.807) is 18.2 Å². The maximum Gasteiger partial charge on any atom is 0.262 e. The Morgan fingerprint density at radius 1 is 0.921 bits per heavy atom. The van der Waals surface area contributed by atoms with Crippen molar-refractivity contribution in [1.82, 2.24) is 0 Å². The molecule has 0 radical (unpaired) electrons. The predicted molar refractivity (Wildman–Crippen MR) is 140 cm³/mol. The zero-order chi connectivity index (χ0) is 27.5. The quantitative estimate of drug-likeness (QED) is 0.380. The summed E-state index contributed by atoms with van der Waals surface area (Å²) in [5, 5.41) is 2.58. The number of hydrogen-bond acceptors (Lipinski definition) is 9. The Hall–Kier alpha value is -4.17. The number of nitrogens with zero attached hydrogens (tertiary/aromatic N) is 1. The first-order chi connectivity index (χ1) is 18.0. The summed E-state index contributed by atoms with van der Waals surface area (Å²) in [5.41, 5.74) is 0.721. The van der Waals surface area contributed by atoms with Crippen LogP contribution in [0.15, 0.2) is 65.6 Å². The minimum atomic E-state index is -3.98. The summed E-state index contributed by atoms with van der Waals surface area (Å²) in [4.78, 5) is 12.6. The van der Waals surface area contributed by atoms with Gasteiger partial charge in [-0.3, -0.25) is 13.8 Å². The van der Waals surface area contributed by atoms with Crippen molar-refractivity contribution in [3.63, 3.8) is 0 Å². The Bertz CT molecular complexity index is 1560. The molecule has 1 heterocycles. The molecule has 12 nitrogen and oxygen atoms in total. The number of carbonyl (C=O) groups is 1. The van der Waals surface area contributed by atoms with Crippen molar-refractivity contribution in [3.05, 3.63) is 60.7 Å². The number of amides is 1. The van der Waals surface area contributed by atoms with Crippen molar-refractivity contribution in [1.29, 1.82) is 0 Å². The molecule has 0 saturated heterocycles. The van der Waals surface area contributed by atoms with Crippen LogP contribution in [0.2, 0.25) is 0 Å². The first-order valence-electron chi connectivity index (χ1n) is 11.0. The molecule has 3 aromatic carbocycles. The van der Waals surface area contributed by atoms with Crippen LogP contribution in [0.5, 0.6) is 23.0 Å². The van der Waals surface area contributed by atoms with E-state index < -0.39 is 32.5 Å². The SMILES string of the molecule is COc1ccc(NS(=O)(=O)c2ccc(NC(=O)CN(c3ccc4c(c3)OCO4)S(C)(=O)=O)cc2)c(OC)c1. The van der Waals surface area contributed by atoms with Gasteiger partial charge in [0.05, 0.1) is 36.7 Å². The van der Waals surface area contributed by atoms with Crippen LogP contribution < -0.4 is 33.3 Å². The fourth-order valence-electron chi connectivity index (χ4n) is 3.58. The van der Waals surface area contributed by atoms with Gasteiger partial charge in [0.2, 0.25) is 22.7 Å². The molecule has 3 aromatic rings. The molecule has 1 amide bonds. The van der Waals surface area contributed by atoms with Gasteiger partial charge in [0.1, 0.15) is 18.0 Å². The van der Waals surface area contributed by atoms with Crippen molar-refractivity contribution < 1.29 is 40.6 Å². The number of ether oxygens (including phenoxy) is 4. The third-order valence-electron chi connectivity index (χ3n) is 5.43. The van der Waals surface area contributed by atoms with Crippen LogP contribution in [-0.2, 0) is 24.8 Å². The molecule has 0 spiro atoms. The normalized spacial score (nSPS) is 12.5. The highest BCUT2D eigenvalue weighted by Gasteiger charge is 2.24. The maximum atomic E-state index is 12.9. The lowest BCUT2D eigenvalue weighted by molar-refractivity contribution is -0.114. The molecule has 0 unspecified atom stereocenters. The second kappa shape index (κ2) is 10.7. The lowest BCUT2D eigenvalue weighted by atomic mass is 10.2. The molecule has 14 heteroatoms. The van der Waals surface area contributed by atoms with E-state index >= 15 is 0 Å². The minimum Gasteiger partial charge on any atom is -0.497 e. The highest BCUT2D eigenvalue weighted by Crippen LogP contribution is 2.36. The Morgan fingerprint density at radius 2 is 1.63 bits per heavy atom. The molecule has 1 aliphatic heterocycles. The Kier molecular flexibility index (Phi) is 7.55. The zero-order valence-corrected chi connectivity index (χ0v) is 22.3. The van der Waals surface area contributed by atoms with Gasteiger partial charge in [0.25, 0.3) is 10.0 Å². The molecule has 4 rings (SSSR count). The third kappa shape index (κ3) is 6.03. The summed E-state index contributed by atoms with van der Waals surface area (Å²) in [6, 6.07) is 14.6. The summed E-state index contributed by atoms with van der Waals surface area (Å²) >= 11 is 0. The number of fused-ring (bicyclic) bond motifs is 1. The topological polar surface area (TPSA) is 150 Å². The van der Waals surface area contributed by atoms with Crippen LogP contribution >= 0.6 is 0 Å². The molecule has 38 heavy (non-hydrogen) atoms. The van der Waals surface area contributed by atoms with Crippen molar-refractivity contribution in [2.75, 3.05) is 48.2 Å². The van der Waals surface area contributed by atoms with Crippen molar-refractivity contribution in [3.8, 4) is 23.0 Å². The van der Waals surface area contributed by atoms with Gasteiger partial charge in [-0.25, -0.2) is 16.8 Å². The van der Waals surface area contributed by atoms with E-state index in [0.29, 0.717) is 17.2 Å². The van der Waals surface area contributed by atoms with Gasteiger partial charge in [-0.2, -0.15) is 0 Å². The molecular weight excluding hydrogens is 538 g/mol. The average molecular weight is 564 g/mol. The minimum absolute atomic E-state index is 0.0209. The predicted octanol–water partition coefficient (Wildman–Crippen LogP) is 2.64. The number of hydrogen-bond donors (Lipinski definition) is 2. The molecule has 202 valence electrons. The van der Waals surface area contributed by atoms with Gasteiger partial charge in [0, 0.05) is 17.8 Å². The summed E-state index contributed by atoms with van der Waals surface area (Å²) < 4.78 is 74.8. The largest absolute Gasteiger partial charge is 0.497 e. The van der Waals surface area contributed by atoms with E-state index in [4.69, 9.17) is 18.9 Å². The van der Waals surface area contributed by atoms with Crippen LogP contribution in [0.3, 0.4) is 0 Å². The molecule has 0 atom stereocenters. The molecule has 1 aliphatic rings. The average Bonchev–Trinajstić information content (AvgIpc) is 3.35. The monoisotopic (exact) mass is 563 g/mol. The lowest BCUT2D eigenvalue weighted by Gasteiger charge is -2.22. The number of rotatable bonds is 10. The molecule has 0 aromatic heterocycles. The Morgan fingerprint density at radius 3 is 2.29 bits per heavy atom. The lowest BCUT2D eigenvalue weighted by Crippen LogP contribution is -2.37. The van der Waals surface area contributed by atoms with E-state index in [2.05, 4.69) is 10.0 Å². The molecule has 0 saturated carbocycles. The van der Waals surface area contributed by atoms with Crippen LogP contribution in [0.1, 0.15) is 0 Å². The zero-order valence-electron chi connectivity index (χ0n) is 20.6. The Labute approximate surface area is 220 Å². The summed E-state index contributed by atoms with van der Waals surface area (Å²) in [7, 11) is -4.92. The summed E-state index contributed by atoms with van der Waals surface area (Å²) in [5.74, 6) is 0.980. The number of anilines is 3. The molecule has 2 N–H and O–H groups in total. The third-order valence-corrected chi connectivity index (χ3v) is 7.96. The van der Waals surface area contributed by atoms with E-state index in [1.165, 1.54) is 56.7 Å². The van der Waals surface area contributed by atoms with E-state index in [1.807, 2.05) is 0 Å². The number of sulfonamides is 2. The highest BCUT2D eigenvalue weighted by molar-refractivity contribution is 7.92. The van der Waals surface area contributed by atoms with Crippen LogP contribution in [0.4, 0.5) is 17.1 Å². The van der Waals surface area contributed by atoms with Gasteiger partial charge in [0.15, 0.2) is 11.5 Å². The van der Waals surface area contributed by atoms with E-state index in [0.717, 1.165) is 10.6 Å². The molecule has 0 bridgehead atoms. The van der Waals surface area contributed by atoms with E-state index in [-0.39, 0.29) is 34.5 Å². The smallest absolute Gasteiger partial charge is 0.262 e. The van der Waals surface area contributed by atoms with E-state index in [9.17, 15) is 21.6 Å². The van der Waals surface area contributed by atoms with Crippen LogP contribution in [0.25, 0.3) is 0 Å². The Balaban J connectivity index is 1.46. The standard InChI is InChI=1S/C24H25N3O9S2/c1-33-18-7-10-20(22(13-18)34-2)26-38(31,32)19-8-4-16(5-9-19)25-24(28)14-27(37(3,29)30)17-6-11-21-23(12-17)36-15-35-21/h4-13,26H,14-15H2,1-3H3,(H,25,28). The van der Waals surface area contributed by atoms with Gasteiger partial charge >= 0.3 is 0 Å². The fraction of sp³-hybridized carbons (Fsp3) is 0.208. The maximum absolute atomic E-state index is 12.9. The molecule has 0 fully saturated rings.